The van der Waals surface area contributed by atoms with Crippen LogP contribution in [0.5, 0.6) is 5.75 Å². The predicted molar refractivity (Wildman–Crippen MR) is 61.3 cm³/mol. The minimum absolute atomic E-state index is 0.0791. The molecule has 114 valence electrons. The van der Waals surface area contributed by atoms with Crippen LogP contribution in [-0.4, -0.2) is 38.7 Å². The SMILES string of the molecule is FCC(F)(F)CF.O=C(F)OCCOc1ccccc1. The van der Waals surface area contributed by atoms with E-state index in [0.29, 0.717) is 5.75 Å². The monoisotopic (exact) mass is 300 g/mol. The Hall–Kier alpha value is -1.86. The fourth-order valence-corrected chi connectivity index (χ4v) is 0.834. The summed E-state index contributed by atoms with van der Waals surface area (Å²) in [5.41, 5.74) is 0. The molecule has 0 aliphatic carbocycles. The lowest BCUT2D eigenvalue weighted by Crippen LogP contribution is -2.20. The van der Waals surface area contributed by atoms with Crippen LogP contribution in [0.4, 0.5) is 26.7 Å². The summed E-state index contributed by atoms with van der Waals surface area (Å²) in [5, 5.41) is 0. The highest BCUT2D eigenvalue weighted by Crippen LogP contribution is 2.13. The first-order chi connectivity index (χ1) is 9.41. The second-order valence-corrected chi connectivity index (χ2v) is 3.37. The van der Waals surface area contributed by atoms with Crippen molar-refractivity contribution in [2.75, 3.05) is 26.6 Å². The van der Waals surface area contributed by atoms with Crippen LogP contribution in [0.2, 0.25) is 0 Å². The average molecular weight is 300 g/mol. The highest BCUT2D eigenvalue weighted by molar-refractivity contribution is 5.57. The molecule has 0 aliphatic heterocycles. The molecule has 0 fully saturated rings. The standard InChI is InChI=1S/C9H9FO3.C3H4F4/c10-9(11)13-7-6-12-8-4-2-1-3-5-8;4-1-3(6,7)2-5/h1-5H,6-7H2;1-2H2. The van der Waals surface area contributed by atoms with Crippen molar-refractivity contribution in [3.05, 3.63) is 30.3 Å². The molecule has 0 heterocycles. The van der Waals surface area contributed by atoms with Gasteiger partial charge in [0.15, 0.2) is 13.3 Å². The zero-order valence-electron chi connectivity index (χ0n) is 10.3. The zero-order chi connectivity index (χ0) is 15.4. The summed E-state index contributed by atoms with van der Waals surface area (Å²) in [7, 11) is 0. The Labute approximate surface area is 112 Å². The van der Waals surface area contributed by atoms with E-state index in [9.17, 15) is 26.7 Å². The lowest BCUT2D eigenvalue weighted by Gasteiger charge is -2.04. The highest BCUT2D eigenvalue weighted by atomic mass is 19.3. The summed E-state index contributed by atoms with van der Waals surface area (Å²) in [4.78, 5) is 9.71. The van der Waals surface area contributed by atoms with Crippen LogP contribution in [0, 0.1) is 0 Å². The average Bonchev–Trinajstić information content (AvgIpc) is 2.45. The number of hydrogen-bond acceptors (Lipinski definition) is 3. The molecule has 0 aromatic heterocycles. The Bertz CT molecular complexity index is 367. The Morgan fingerprint density at radius 2 is 1.60 bits per heavy atom. The molecule has 0 amide bonds. The molecule has 0 saturated heterocycles. The van der Waals surface area contributed by atoms with Crippen LogP contribution >= 0.6 is 0 Å². The van der Waals surface area contributed by atoms with Gasteiger partial charge in [0.1, 0.15) is 19.0 Å². The number of halogens is 5. The zero-order valence-corrected chi connectivity index (χ0v) is 10.3. The number of carbonyl (C=O) groups excluding carboxylic acids is 1. The van der Waals surface area contributed by atoms with Crippen LogP contribution in [0.15, 0.2) is 30.3 Å². The van der Waals surface area contributed by atoms with Gasteiger partial charge >= 0.3 is 12.1 Å². The third-order valence-corrected chi connectivity index (χ3v) is 1.70. The van der Waals surface area contributed by atoms with Crippen molar-refractivity contribution in [3.8, 4) is 5.75 Å². The molecule has 8 heteroatoms. The Morgan fingerprint density at radius 3 is 2.00 bits per heavy atom. The van der Waals surface area contributed by atoms with Gasteiger partial charge in [-0.2, -0.15) is 0 Å². The summed E-state index contributed by atoms with van der Waals surface area (Å²) in [6.45, 7) is -3.75. The molecule has 20 heavy (non-hydrogen) atoms. The first kappa shape index (κ1) is 18.1. The number of benzene rings is 1. The van der Waals surface area contributed by atoms with Gasteiger partial charge in [0.25, 0.3) is 0 Å². The predicted octanol–water partition coefficient (Wildman–Crippen LogP) is 3.73. The van der Waals surface area contributed by atoms with E-state index in [0.717, 1.165) is 0 Å². The van der Waals surface area contributed by atoms with E-state index in [4.69, 9.17) is 4.74 Å². The fraction of sp³-hybridized carbons (Fsp3) is 0.417. The maximum absolute atomic E-state index is 11.5. The normalized spacial score (nSPS) is 10.2. The third-order valence-electron chi connectivity index (χ3n) is 1.70. The van der Waals surface area contributed by atoms with Crippen LogP contribution in [0.3, 0.4) is 0 Å². The molecular formula is C12H13F5O3. The van der Waals surface area contributed by atoms with E-state index in [1.165, 1.54) is 0 Å². The molecule has 0 bridgehead atoms. The Balaban J connectivity index is 0.000000441. The van der Waals surface area contributed by atoms with Crippen molar-refractivity contribution in [1.82, 2.24) is 0 Å². The van der Waals surface area contributed by atoms with E-state index >= 15 is 0 Å². The number of hydrogen-bond donors (Lipinski definition) is 0. The Kier molecular flexibility index (Phi) is 9.06. The number of carbonyl (C=O) groups is 1. The van der Waals surface area contributed by atoms with Crippen molar-refractivity contribution in [3.63, 3.8) is 0 Å². The summed E-state index contributed by atoms with van der Waals surface area (Å²) in [5.74, 6) is -3.09. The molecule has 1 aromatic rings. The second kappa shape index (κ2) is 9.99. The van der Waals surface area contributed by atoms with Crippen molar-refractivity contribution in [2.24, 2.45) is 0 Å². The van der Waals surface area contributed by atoms with Crippen molar-refractivity contribution >= 4 is 6.22 Å². The van der Waals surface area contributed by atoms with Gasteiger partial charge < -0.3 is 9.47 Å². The van der Waals surface area contributed by atoms with Crippen LogP contribution in [-0.2, 0) is 4.74 Å². The fourth-order valence-electron chi connectivity index (χ4n) is 0.834. The number of rotatable bonds is 6. The molecule has 1 rings (SSSR count). The van der Waals surface area contributed by atoms with Gasteiger partial charge in [-0.3, -0.25) is 0 Å². The molecule has 3 nitrogen and oxygen atoms in total. The minimum Gasteiger partial charge on any atom is -0.490 e. The number of alkyl halides is 4. The Morgan fingerprint density at radius 1 is 1.05 bits per heavy atom. The first-order valence-electron chi connectivity index (χ1n) is 5.41. The van der Waals surface area contributed by atoms with Gasteiger partial charge in [-0.1, -0.05) is 18.2 Å². The van der Waals surface area contributed by atoms with Crippen molar-refractivity contribution in [1.29, 1.82) is 0 Å². The summed E-state index contributed by atoms with van der Waals surface area (Å²) in [6.07, 6.45) is -1.78. The second-order valence-electron chi connectivity index (χ2n) is 3.37. The molecule has 0 atom stereocenters. The smallest absolute Gasteiger partial charge is 0.490 e. The molecule has 0 saturated carbocycles. The van der Waals surface area contributed by atoms with E-state index in [1.54, 1.807) is 12.1 Å². The van der Waals surface area contributed by atoms with Gasteiger partial charge in [-0.15, -0.1) is 4.39 Å². The summed E-state index contributed by atoms with van der Waals surface area (Å²) in [6, 6.07) is 9.01. The van der Waals surface area contributed by atoms with Crippen LogP contribution in [0.1, 0.15) is 0 Å². The van der Waals surface area contributed by atoms with Gasteiger partial charge in [-0.25, -0.2) is 22.4 Å². The molecule has 0 spiro atoms. The van der Waals surface area contributed by atoms with Crippen LogP contribution < -0.4 is 4.74 Å². The van der Waals surface area contributed by atoms with E-state index < -0.39 is 25.5 Å². The van der Waals surface area contributed by atoms with Crippen molar-refractivity contribution in [2.45, 2.75) is 5.92 Å². The van der Waals surface area contributed by atoms with Gasteiger partial charge in [-0.05, 0) is 12.1 Å². The summed E-state index contributed by atoms with van der Waals surface area (Å²) >= 11 is 0. The molecular weight excluding hydrogens is 287 g/mol. The topological polar surface area (TPSA) is 35.5 Å². The molecule has 0 unspecified atom stereocenters. The van der Waals surface area contributed by atoms with Gasteiger partial charge in [0.05, 0.1) is 0 Å². The molecule has 0 aliphatic rings. The largest absolute Gasteiger partial charge is 0.495 e. The third kappa shape index (κ3) is 10.1. The lowest BCUT2D eigenvalue weighted by atomic mass is 10.3. The van der Waals surface area contributed by atoms with Crippen molar-refractivity contribution < 1.29 is 36.2 Å². The van der Waals surface area contributed by atoms with E-state index in [-0.39, 0.29) is 13.2 Å². The lowest BCUT2D eigenvalue weighted by molar-refractivity contribution is -0.0423. The van der Waals surface area contributed by atoms with Gasteiger partial charge in [0.2, 0.25) is 0 Å². The molecule has 1 aromatic carbocycles. The minimum atomic E-state index is -3.75. The maximum Gasteiger partial charge on any atom is 0.495 e. The number of para-hydroxylation sites is 1. The molecule has 0 N–H and O–H groups in total. The summed E-state index contributed by atoms with van der Waals surface area (Å²) < 4.78 is 64.5. The maximum atomic E-state index is 11.5. The molecule has 0 radical (unpaired) electrons. The quantitative estimate of drug-likeness (QED) is 0.456. The van der Waals surface area contributed by atoms with E-state index in [1.807, 2.05) is 18.2 Å². The first-order valence-corrected chi connectivity index (χ1v) is 5.41. The van der Waals surface area contributed by atoms with E-state index in [2.05, 4.69) is 4.74 Å². The highest BCUT2D eigenvalue weighted by Gasteiger charge is 2.28. The van der Waals surface area contributed by atoms with Gasteiger partial charge in [0, 0.05) is 0 Å². The number of ether oxygens (including phenoxy) is 2. The van der Waals surface area contributed by atoms with Crippen LogP contribution in [0.25, 0.3) is 0 Å².